The minimum atomic E-state index is -3.66. The quantitative estimate of drug-likeness (QED) is 0.794. The van der Waals surface area contributed by atoms with Gasteiger partial charge in [0.25, 0.3) is 0 Å². The molecule has 0 fully saturated rings. The zero-order valence-electron chi connectivity index (χ0n) is 13.3. The van der Waals surface area contributed by atoms with Gasteiger partial charge >= 0.3 is 0 Å². The maximum atomic E-state index is 12.7. The van der Waals surface area contributed by atoms with Crippen molar-refractivity contribution >= 4 is 15.7 Å². The Hall–Kier alpha value is -1.89. The molecule has 0 aliphatic carbocycles. The number of aliphatic hydroxyl groups is 1. The predicted molar refractivity (Wildman–Crippen MR) is 91.4 cm³/mol. The molecule has 0 aromatic heterocycles. The number of hydrogen-bond acceptors (Lipinski definition) is 4. The van der Waals surface area contributed by atoms with Gasteiger partial charge in [0.15, 0.2) is 0 Å². The van der Waals surface area contributed by atoms with Crippen LogP contribution < -0.4 is 5.73 Å². The number of hydrogen-bond donors (Lipinski definition) is 2. The molecule has 5 nitrogen and oxygen atoms in total. The Morgan fingerprint density at radius 2 is 1.65 bits per heavy atom. The molecule has 0 bridgehead atoms. The van der Waals surface area contributed by atoms with E-state index in [9.17, 15) is 13.5 Å². The number of nitrogens with two attached hydrogens (primary N) is 1. The summed E-state index contributed by atoms with van der Waals surface area (Å²) in [5.74, 6) is 0. The minimum absolute atomic E-state index is 0.00622. The first-order chi connectivity index (χ1) is 10.8. The van der Waals surface area contributed by atoms with E-state index in [-0.39, 0.29) is 18.0 Å². The minimum Gasteiger partial charge on any atom is -0.399 e. The second kappa shape index (κ2) is 7.12. The average Bonchev–Trinajstić information content (AvgIpc) is 2.53. The van der Waals surface area contributed by atoms with Crippen molar-refractivity contribution in [3.05, 3.63) is 59.7 Å². The van der Waals surface area contributed by atoms with E-state index in [2.05, 4.69) is 0 Å². The molecule has 1 atom stereocenters. The van der Waals surface area contributed by atoms with E-state index < -0.39 is 16.1 Å². The Labute approximate surface area is 137 Å². The van der Waals surface area contributed by atoms with Gasteiger partial charge in [0, 0.05) is 18.8 Å². The number of nitrogen functional groups attached to an aromatic ring is 1. The van der Waals surface area contributed by atoms with Crippen LogP contribution in [0, 0.1) is 6.92 Å². The first-order valence-corrected chi connectivity index (χ1v) is 8.89. The van der Waals surface area contributed by atoms with Crippen molar-refractivity contribution < 1.29 is 13.5 Å². The summed E-state index contributed by atoms with van der Waals surface area (Å²) < 4.78 is 26.6. The summed E-state index contributed by atoms with van der Waals surface area (Å²) in [5.41, 5.74) is 7.89. The number of aliphatic hydroxyl groups excluding tert-OH is 1. The van der Waals surface area contributed by atoms with Crippen molar-refractivity contribution in [1.29, 1.82) is 0 Å². The molecule has 23 heavy (non-hydrogen) atoms. The summed E-state index contributed by atoms with van der Waals surface area (Å²) in [6.07, 6.45) is -0.876. The molecule has 2 rings (SSSR count). The van der Waals surface area contributed by atoms with E-state index in [1.807, 2.05) is 31.2 Å². The van der Waals surface area contributed by atoms with Gasteiger partial charge in [0.2, 0.25) is 10.0 Å². The van der Waals surface area contributed by atoms with Crippen LogP contribution in [0.4, 0.5) is 5.69 Å². The molecule has 0 spiro atoms. The van der Waals surface area contributed by atoms with Gasteiger partial charge in [0.05, 0.1) is 11.0 Å². The predicted octanol–water partition coefficient (Wildman–Crippen LogP) is 2.32. The number of benzene rings is 2. The molecule has 0 radical (unpaired) electrons. The monoisotopic (exact) mass is 334 g/mol. The van der Waals surface area contributed by atoms with Crippen molar-refractivity contribution in [2.45, 2.75) is 24.8 Å². The summed E-state index contributed by atoms with van der Waals surface area (Å²) in [7, 11) is -3.66. The fourth-order valence-electron chi connectivity index (χ4n) is 2.27. The zero-order valence-corrected chi connectivity index (χ0v) is 14.1. The van der Waals surface area contributed by atoms with Crippen LogP contribution in [-0.2, 0) is 10.0 Å². The summed E-state index contributed by atoms with van der Waals surface area (Å²) in [6, 6.07) is 13.5. The van der Waals surface area contributed by atoms with E-state index >= 15 is 0 Å². The maximum Gasteiger partial charge on any atom is 0.243 e. The molecule has 124 valence electrons. The zero-order chi connectivity index (χ0) is 17.0. The summed E-state index contributed by atoms with van der Waals surface area (Å²) in [6.45, 7) is 3.98. The second-order valence-corrected chi connectivity index (χ2v) is 7.39. The summed E-state index contributed by atoms with van der Waals surface area (Å²) in [5, 5.41) is 10.3. The molecular formula is C17H22N2O3S. The second-order valence-electron chi connectivity index (χ2n) is 5.45. The lowest BCUT2D eigenvalue weighted by molar-refractivity contribution is 0.149. The molecule has 6 heteroatoms. The molecule has 0 heterocycles. The Kier molecular flexibility index (Phi) is 5.41. The van der Waals surface area contributed by atoms with E-state index in [4.69, 9.17) is 5.73 Å². The third kappa shape index (κ3) is 4.10. The Morgan fingerprint density at radius 1 is 1.09 bits per heavy atom. The van der Waals surface area contributed by atoms with Crippen molar-refractivity contribution in [1.82, 2.24) is 4.31 Å². The Balaban J connectivity index is 2.21. The first-order valence-electron chi connectivity index (χ1n) is 7.45. The van der Waals surface area contributed by atoms with Gasteiger partial charge in [-0.15, -0.1) is 0 Å². The van der Waals surface area contributed by atoms with Crippen LogP contribution in [0.25, 0.3) is 0 Å². The highest BCUT2D eigenvalue weighted by molar-refractivity contribution is 7.89. The average molecular weight is 334 g/mol. The Bertz CT molecular complexity index is 740. The summed E-state index contributed by atoms with van der Waals surface area (Å²) in [4.78, 5) is 0.171. The third-order valence-electron chi connectivity index (χ3n) is 3.71. The van der Waals surface area contributed by atoms with E-state index in [0.717, 1.165) is 5.56 Å². The van der Waals surface area contributed by atoms with E-state index in [0.29, 0.717) is 11.3 Å². The molecule has 0 saturated carbocycles. The fourth-order valence-corrected chi connectivity index (χ4v) is 3.73. The number of anilines is 1. The molecule has 2 aromatic carbocycles. The highest BCUT2D eigenvalue weighted by atomic mass is 32.2. The van der Waals surface area contributed by atoms with Crippen molar-refractivity contribution in [2.75, 3.05) is 18.8 Å². The smallest absolute Gasteiger partial charge is 0.243 e. The Morgan fingerprint density at radius 3 is 2.17 bits per heavy atom. The highest BCUT2D eigenvalue weighted by Crippen LogP contribution is 2.21. The molecule has 1 unspecified atom stereocenters. The SMILES string of the molecule is CCN(CC(O)c1ccc(C)cc1)S(=O)(=O)c1ccc(N)cc1. The lowest BCUT2D eigenvalue weighted by Gasteiger charge is -2.23. The van der Waals surface area contributed by atoms with Crippen molar-refractivity contribution in [3.8, 4) is 0 Å². The molecule has 2 aromatic rings. The van der Waals surface area contributed by atoms with Crippen LogP contribution in [-0.4, -0.2) is 30.9 Å². The highest BCUT2D eigenvalue weighted by Gasteiger charge is 2.25. The normalized spacial score (nSPS) is 13.2. The van der Waals surface area contributed by atoms with Gasteiger partial charge in [-0.25, -0.2) is 8.42 Å². The topological polar surface area (TPSA) is 83.6 Å². The van der Waals surface area contributed by atoms with Crippen LogP contribution >= 0.6 is 0 Å². The van der Waals surface area contributed by atoms with Crippen molar-refractivity contribution in [2.24, 2.45) is 0 Å². The van der Waals surface area contributed by atoms with Gasteiger partial charge in [-0.1, -0.05) is 36.8 Å². The van der Waals surface area contributed by atoms with Crippen LogP contribution in [0.1, 0.15) is 24.2 Å². The molecule has 0 saturated heterocycles. The standard InChI is InChI=1S/C17H22N2O3S/c1-3-19(12-17(20)14-6-4-13(2)5-7-14)23(21,22)16-10-8-15(18)9-11-16/h4-11,17,20H,3,12,18H2,1-2H3. The van der Waals surface area contributed by atoms with Crippen molar-refractivity contribution in [3.63, 3.8) is 0 Å². The number of nitrogens with zero attached hydrogens (tertiary/aromatic N) is 1. The molecule has 0 aliphatic heterocycles. The molecular weight excluding hydrogens is 312 g/mol. The van der Waals surface area contributed by atoms with Gasteiger partial charge in [-0.05, 0) is 36.8 Å². The fraction of sp³-hybridized carbons (Fsp3) is 0.294. The van der Waals surface area contributed by atoms with E-state index in [1.54, 1.807) is 19.1 Å². The number of rotatable bonds is 6. The van der Waals surface area contributed by atoms with Crippen LogP contribution in [0.3, 0.4) is 0 Å². The lowest BCUT2D eigenvalue weighted by Crippen LogP contribution is -2.34. The summed E-state index contributed by atoms with van der Waals surface area (Å²) >= 11 is 0. The van der Waals surface area contributed by atoms with Gasteiger partial charge < -0.3 is 10.8 Å². The van der Waals surface area contributed by atoms with Crippen LogP contribution in [0.15, 0.2) is 53.4 Å². The number of aryl methyl sites for hydroxylation is 1. The molecule has 0 aliphatic rings. The molecule has 0 amide bonds. The lowest BCUT2D eigenvalue weighted by atomic mass is 10.1. The number of likely N-dealkylation sites (N-methyl/N-ethyl adjacent to an activating group) is 1. The maximum absolute atomic E-state index is 12.7. The van der Waals surface area contributed by atoms with Gasteiger partial charge in [-0.3, -0.25) is 0 Å². The largest absolute Gasteiger partial charge is 0.399 e. The third-order valence-corrected chi connectivity index (χ3v) is 5.66. The van der Waals surface area contributed by atoms with Crippen LogP contribution in [0.2, 0.25) is 0 Å². The molecule has 3 N–H and O–H groups in total. The first kappa shape index (κ1) is 17.5. The van der Waals surface area contributed by atoms with Crippen LogP contribution in [0.5, 0.6) is 0 Å². The number of sulfonamides is 1. The van der Waals surface area contributed by atoms with Gasteiger partial charge in [-0.2, -0.15) is 4.31 Å². The van der Waals surface area contributed by atoms with Gasteiger partial charge in [0.1, 0.15) is 0 Å². The van der Waals surface area contributed by atoms with E-state index in [1.165, 1.54) is 16.4 Å².